The van der Waals surface area contributed by atoms with Gasteiger partial charge in [-0.2, -0.15) is 0 Å². The van der Waals surface area contributed by atoms with E-state index in [9.17, 15) is 0 Å². The highest BCUT2D eigenvalue weighted by Crippen LogP contribution is 2.60. The van der Waals surface area contributed by atoms with Crippen LogP contribution in [0.1, 0.15) is 22.3 Å². The van der Waals surface area contributed by atoms with Crippen molar-refractivity contribution in [3.05, 3.63) is 271 Å². The smallest absolute Gasteiger partial charge is 0.137 e. The summed E-state index contributed by atoms with van der Waals surface area (Å²) in [5, 5.41) is 2.16. The molecule has 1 aliphatic rings. The van der Waals surface area contributed by atoms with Gasteiger partial charge in [0.25, 0.3) is 0 Å². The van der Waals surface area contributed by atoms with Crippen LogP contribution >= 0.6 is 0 Å². The van der Waals surface area contributed by atoms with Crippen LogP contribution in [0.2, 0.25) is 0 Å². The summed E-state index contributed by atoms with van der Waals surface area (Å²) in [4.78, 5) is 2.52. The van der Waals surface area contributed by atoms with Crippen molar-refractivity contribution in [2.75, 3.05) is 4.90 Å². The van der Waals surface area contributed by atoms with E-state index in [2.05, 4.69) is 254 Å². The maximum Gasteiger partial charge on any atom is 0.137 e. The fraction of sp³-hybridized carbons (Fsp3) is 0.0164. The minimum Gasteiger partial charge on any atom is -0.456 e. The van der Waals surface area contributed by atoms with Crippen molar-refractivity contribution in [2.24, 2.45) is 0 Å². The van der Waals surface area contributed by atoms with Gasteiger partial charge in [0.2, 0.25) is 0 Å². The second-order valence-corrected chi connectivity index (χ2v) is 16.3. The summed E-state index contributed by atoms with van der Waals surface area (Å²) in [5.41, 5.74) is 18.8. The number of para-hydroxylation sites is 2. The highest BCUT2D eigenvalue weighted by molar-refractivity contribution is 6.15. The summed E-state index contributed by atoms with van der Waals surface area (Å²) in [6.07, 6.45) is 0. The Kier molecular flexibility index (Phi) is 8.76. The van der Waals surface area contributed by atoms with Gasteiger partial charge >= 0.3 is 0 Å². The quantitative estimate of drug-likeness (QED) is 0.152. The van der Waals surface area contributed by atoms with E-state index in [-0.39, 0.29) is 0 Å². The summed E-state index contributed by atoms with van der Waals surface area (Å²) in [5.74, 6) is 0. The van der Waals surface area contributed by atoms with E-state index in [0.717, 1.165) is 50.1 Å². The fourth-order valence-electron chi connectivity index (χ4n) is 10.4. The van der Waals surface area contributed by atoms with Crippen molar-refractivity contribution in [1.29, 1.82) is 0 Å². The molecule has 0 aliphatic heterocycles. The van der Waals surface area contributed by atoms with E-state index < -0.39 is 5.41 Å². The molecule has 2 heteroatoms. The molecule has 0 unspecified atom stereocenters. The van der Waals surface area contributed by atoms with E-state index in [0.29, 0.717) is 0 Å². The van der Waals surface area contributed by atoms with Gasteiger partial charge in [0.15, 0.2) is 0 Å². The first-order valence-electron chi connectivity index (χ1n) is 21.7. The molecule has 0 amide bonds. The predicted octanol–water partition coefficient (Wildman–Crippen LogP) is 16.4. The van der Waals surface area contributed by atoms with Crippen molar-refractivity contribution < 1.29 is 4.42 Å². The molecule has 296 valence electrons. The molecule has 0 saturated heterocycles. The number of fused-ring (bicyclic) bond motifs is 6. The third-order valence-corrected chi connectivity index (χ3v) is 13.0. The lowest BCUT2D eigenvalue weighted by Gasteiger charge is -2.35. The van der Waals surface area contributed by atoms with Crippen LogP contribution in [-0.2, 0) is 5.41 Å². The van der Waals surface area contributed by atoms with E-state index >= 15 is 0 Å². The first kappa shape index (κ1) is 36.6. The van der Waals surface area contributed by atoms with Crippen LogP contribution in [0, 0.1) is 0 Å². The van der Waals surface area contributed by atoms with Crippen molar-refractivity contribution in [3.63, 3.8) is 0 Å². The molecule has 12 rings (SSSR count). The fourth-order valence-corrected chi connectivity index (χ4v) is 10.4. The molecule has 0 spiro atoms. The van der Waals surface area contributed by atoms with E-state index in [1.807, 2.05) is 0 Å². The molecule has 0 atom stereocenters. The number of hydrogen-bond donors (Lipinski definition) is 0. The van der Waals surface area contributed by atoms with Crippen LogP contribution in [0.3, 0.4) is 0 Å². The zero-order valence-corrected chi connectivity index (χ0v) is 34.5. The Balaban J connectivity index is 1.18. The molecule has 63 heavy (non-hydrogen) atoms. The third-order valence-electron chi connectivity index (χ3n) is 13.0. The summed E-state index contributed by atoms with van der Waals surface area (Å²) >= 11 is 0. The number of nitrogens with zero attached hydrogens (tertiary/aromatic N) is 1. The number of furan rings is 1. The Morgan fingerprint density at radius 1 is 0.302 bits per heavy atom. The molecule has 2 nitrogen and oxygen atoms in total. The molecular formula is C61H41NO. The molecule has 0 bridgehead atoms. The van der Waals surface area contributed by atoms with Crippen molar-refractivity contribution in [3.8, 4) is 44.5 Å². The van der Waals surface area contributed by atoms with Crippen LogP contribution in [0.5, 0.6) is 0 Å². The summed E-state index contributed by atoms with van der Waals surface area (Å²) in [6, 6.07) is 90.3. The topological polar surface area (TPSA) is 16.4 Å². The standard InChI is InChI=1S/C61H41NO/c1-4-22-42(23-5-1)45-28-10-11-29-46(45)47-30-12-13-31-48(47)49-32-15-18-37-54(49)62(56-39-21-41-58-60(56)51-34-16-19-40-57(51)63-58)55-38-20-36-53-59(55)50-33-14-17-35-52(50)61(53,43-24-6-2-7-25-43)44-26-8-3-9-27-44/h1-41H. The highest BCUT2D eigenvalue weighted by atomic mass is 16.3. The minimum atomic E-state index is -0.558. The largest absolute Gasteiger partial charge is 0.456 e. The lowest BCUT2D eigenvalue weighted by Crippen LogP contribution is -2.28. The molecular weight excluding hydrogens is 763 g/mol. The number of anilines is 3. The number of hydrogen-bond acceptors (Lipinski definition) is 2. The number of benzene rings is 10. The van der Waals surface area contributed by atoms with Gasteiger partial charge in [-0.1, -0.05) is 218 Å². The van der Waals surface area contributed by atoms with Crippen molar-refractivity contribution in [1.82, 2.24) is 0 Å². The molecule has 0 saturated carbocycles. The molecule has 1 aliphatic carbocycles. The van der Waals surface area contributed by atoms with Crippen LogP contribution in [-0.4, -0.2) is 0 Å². The highest BCUT2D eigenvalue weighted by Gasteiger charge is 2.47. The van der Waals surface area contributed by atoms with Gasteiger partial charge in [0.1, 0.15) is 11.2 Å². The Morgan fingerprint density at radius 2 is 0.762 bits per heavy atom. The minimum absolute atomic E-state index is 0.558. The first-order valence-corrected chi connectivity index (χ1v) is 21.7. The van der Waals surface area contributed by atoms with Crippen molar-refractivity contribution >= 4 is 39.0 Å². The van der Waals surface area contributed by atoms with E-state index in [1.54, 1.807) is 0 Å². The van der Waals surface area contributed by atoms with E-state index in [1.165, 1.54) is 55.6 Å². The molecule has 0 fully saturated rings. The molecule has 0 radical (unpaired) electrons. The molecule has 10 aromatic carbocycles. The molecule has 1 aromatic heterocycles. The molecule has 1 heterocycles. The Bertz CT molecular complexity index is 3420. The van der Waals surface area contributed by atoms with Crippen LogP contribution in [0.25, 0.3) is 66.4 Å². The normalized spacial score (nSPS) is 12.6. The van der Waals surface area contributed by atoms with Crippen molar-refractivity contribution in [2.45, 2.75) is 5.41 Å². The second kappa shape index (κ2) is 15.1. The van der Waals surface area contributed by atoms with Crippen LogP contribution < -0.4 is 4.90 Å². The van der Waals surface area contributed by atoms with Gasteiger partial charge in [-0.05, 0) is 86.0 Å². The SMILES string of the molecule is c1ccc(-c2ccccc2-c2ccccc2-c2ccccc2N(c2cccc3c2-c2ccccc2C3(c2ccccc2)c2ccccc2)c2cccc3oc4ccccc4c23)cc1. The lowest BCUT2D eigenvalue weighted by atomic mass is 9.68. The zero-order chi connectivity index (χ0) is 41.7. The third kappa shape index (κ3) is 5.72. The van der Waals surface area contributed by atoms with Crippen LogP contribution in [0.4, 0.5) is 17.1 Å². The molecule has 0 N–H and O–H groups in total. The van der Waals surface area contributed by atoms with Crippen LogP contribution in [0.15, 0.2) is 253 Å². The summed E-state index contributed by atoms with van der Waals surface area (Å²) in [6.45, 7) is 0. The zero-order valence-electron chi connectivity index (χ0n) is 34.5. The van der Waals surface area contributed by atoms with Gasteiger partial charge < -0.3 is 9.32 Å². The Hall–Kier alpha value is -8.20. The van der Waals surface area contributed by atoms with Gasteiger partial charge in [0.05, 0.1) is 27.9 Å². The maximum atomic E-state index is 6.63. The monoisotopic (exact) mass is 803 g/mol. The lowest BCUT2D eigenvalue weighted by molar-refractivity contribution is 0.669. The average molecular weight is 804 g/mol. The summed E-state index contributed by atoms with van der Waals surface area (Å²) < 4.78 is 6.63. The maximum absolute atomic E-state index is 6.63. The van der Waals surface area contributed by atoms with Gasteiger partial charge in [-0.3, -0.25) is 0 Å². The van der Waals surface area contributed by atoms with Gasteiger partial charge in [-0.25, -0.2) is 0 Å². The first-order chi connectivity index (χ1) is 31.3. The number of rotatable bonds is 8. The van der Waals surface area contributed by atoms with Gasteiger partial charge in [-0.15, -0.1) is 0 Å². The Labute approximate surface area is 367 Å². The molecule has 11 aromatic rings. The Morgan fingerprint density at radius 3 is 1.48 bits per heavy atom. The second-order valence-electron chi connectivity index (χ2n) is 16.3. The van der Waals surface area contributed by atoms with Gasteiger partial charge in [0, 0.05) is 16.5 Å². The van der Waals surface area contributed by atoms with E-state index in [4.69, 9.17) is 4.42 Å². The predicted molar refractivity (Wildman–Crippen MR) is 262 cm³/mol. The average Bonchev–Trinajstić information content (AvgIpc) is 3.90. The summed E-state index contributed by atoms with van der Waals surface area (Å²) in [7, 11) is 0.